The molecule has 0 atom stereocenters. The van der Waals surface area contributed by atoms with Gasteiger partial charge >= 0.3 is 0 Å². The fourth-order valence-corrected chi connectivity index (χ4v) is 5.41. The van der Waals surface area contributed by atoms with Crippen molar-refractivity contribution >= 4 is 34.1 Å². The lowest BCUT2D eigenvalue weighted by Crippen LogP contribution is -2.46. The average molecular weight is 552 g/mol. The van der Waals surface area contributed by atoms with Gasteiger partial charge in [-0.25, -0.2) is 0 Å². The monoisotopic (exact) mass is 551 g/mol. The van der Waals surface area contributed by atoms with E-state index in [1.165, 1.54) is 16.5 Å². The zero-order valence-corrected chi connectivity index (χ0v) is 24.2. The van der Waals surface area contributed by atoms with Crippen molar-refractivity contribution in [3.05, 3.63) is 90.4 Å². The fourth-order valence-electron chi connectivity index (χ4n) is 5.41. The first-order chi connectivity index (χ1) is 19.8. The molecular formula is C33H37N5O3. The van der Waals surface area contributed by atoms with Gasteiger partial charge in [0.15, 0.2) is 0 Å². The summed E-state index contributed by atoms with van der Waals surface area (Å²) < 4.78 is 6.16. The second kappa shape index (κ2) is 12.1. The Bertz CT molecular complexity index is 1530. The van der Waals surface area contributed by atoms with Crippen molar-refractivity contribution in [1.29, 1.82) is 0 Å². The molecule has 8 nitrogen and oxygen atoms in total. The van der Waals surface area contributed by atoms with Gasteiger partial charge in [-0.15, -0.1) is 0 Å². The van der Waals surface area contributed by atoms with Gasteiger partial charge in [-0.3, -0.25) is 24.5 Å². The third-order valence-corrected chi connectivity index (χ3v) is 7.81. The Morgan fingerprint density at radius 3 is 2.44 bits per heavy atom. The van der Waals surface area contributed by atoms with E-state index in [1.54, 1.807) is 43.9 Å². The quantitative estimate of drug-likeness (QED) is 0.201. The Morgan fingerprint density at radius 1 is 0.878 bits per heavy atom. The Kier molecular flexibility index (Phi) is 8.31. The number of pyridine rings is 2. The topological polar surface area (TPSA) is 78.9 Å². The summed E-state index contributed by atoms with van der Waals surface area (Å²) in [4.78, 5) is 40.3. The standard InChI is InChI=1S/C33H37N5O3/c1-33(2)31(39)36(3)29-13-12-26(21-30(29)37(4)32(33)40)41-20-8-18-38(19-15-24-9-7-16-34-22-24)23-25-14-17-35-28-11-6-5-10-27(25)28/h5-7,9-14,16-17,21-22H,8,15,18-20,23H2,1-4H3. The maximum Gasteiger partial charge on any atom is 0.241 e. The molecule has 0 unspecified atom stereocenters. The normalized spacial score (nSPS) is 14.9. The minimum absolute atomic E-state index is 0.227. The van der Waals surface area contributed by atoms with E-state index in [-0.39, 0.29) is 11.8 Å². The van der Waals surface area contributed by atoms with Gasteiger partial charge in [-0.05, 0) is 68.1 Å². The summed E-state index contributed by atoms with van der Waals surface area (Å²) in [5, 5.41) is 1.17. The van der Waals surface area contributed by atoms with Gasteiger partial charge in [0.1, 0.15) is 11.2 Å². The Hall–Kier alpha value is -4.30. The van der Waals surface area contributed by atoms with E-state index in [0.717, 1.165) is 38.0 Å². The van der Waals surface area contributed by atoms with Crippen LogP contribution in [0.2, 0.25) is 0 Å². The molecule has 0 aliphatic carbocycles. The van der Waals surface area contributed by atoms with Crippen molar-refractivity contribution in [3.8, 4) is 5.75 Å². The van der Waals surface area contributed by atoms with Gasteiger partial charge in [0.25, 0.3) is 0 Å². The first-order valence-corrected chi connectivity index (χ1v) is 14.0. The van der Waals surface area contributed by atoms with Crippen LogP contribution in [0, 0.1) is 5.41 Å². The number of carbonyl (C=O) groups is 2. The second-order valence-electron chi connectivity index (χ2n) is 11.1. The van der Waals surface area contributed by atoms with E-state index in [1.807, 2.05) is 48.8 Å². The Labute approximate surface area is 241 Å². The van der Waals surface area contributed by atoms with E-state index in [0.29, 0.717) is 23.7 Å². The second-order valence-corrected chi connectivity index (χ2v) is 11.1. The Morgan fingerprint density at radius 2 is 1.66 bits per heavy atom. The molecule has 0 spiro atoms. The van der Waals surface area contributed by atoms with Crippen LogP contribution in [0.5, 0.6) is 5.75 Å². The minimum Gasteiger partial charge on any atom is -0.493 e. The summed E-state index contributed by atoms with van der Waals surface area (Å²) in [6.45, 7) is 6.42. The van der Waals surface area contributed by atoms with Crippen LogP contribution in [-0.4, -0.2) is 60.5 Å². The minimum atomic E-state index is -1.14. The molecular weight excluding hydrogens is 514 g/mol. The SMILES string of the molecule is CN1C(=O)C(C)(C)C(=O)N(C)c2cc(OCCCN(CCc3cccnc3)Cc3ccnc4ccccc34)ccc21. The van der Waals surface area contributed by atoms with Gasteiger partial charge in [-0.2, -0.15) is 0 Å². The zero-order chi connectivity index (χ0) is 29.0. The summed E-state index contributed by atoms with van der Waals surface area (Å²) in [6, 6.07) is 20.0. The van der Waals surface area contributed by atoms with Crippen LogP contribution >= 0.6 is 0 Å². The fraction of sp³-hybridized carbons (Fsp3) is 0.333. The summed E-state index contributed by atoms with van der Waals surface area (Å²) in [5.41, 5.74) is 3.68. The van der Waals surface area contributed by atoms with Gasteiger partial charge in [0.2, 0.25) is 11.8 Å². The van der Waals surface area contributed by atoms with Crippen molar-refractivity contribution in [2.24, 2.45) is 5.41 Å². The molecule has 3 heterocycles. The van der Waals surface area contributed by atoms with Crippen LogP contribution in [-0.2, 0) is 22.6 Å². The van der Waals surface area contributed by atoms with Crippen molar-refractivity contribution in [2.45, 2.75) is 33.2 Å². The lowest BCUT2D eigenvalue weighted by atomic mass is 9.90. The predicted molar refractivity (Wildman–Crippen MR) is 162 cm³/mol. The van der Waals surface area contributed by atoms with Crippen molar-refractivity contribution < 1.29 is 14.3 Å². The number of aromatic nitrogens is 2. The van der Waals surface area contributed by atoms with Crippen LogP contribution in [0.15, 0.2) is 79.3 Å². The molecule has 1 aliphatic heterocycles. The lowest BCUT2D eigenvalue weighted by molar-refractivity contribution is -0.137. The van der Waals surface area contributed by atoms with Crippen LogP contribution in [0.1, 0.15) is 31.4 Å². The number of fused-ring (bicyclic) bond motifs is 2. The van der Waals surface area contributed by atoms with Gasteiger partial charge in [-0.1, -0.05) is 24.3 Å². The predicted octanol–water partition coefficient (Wildman–Crippen LogP) is 5.11. The lowest BCUT2D eigenvalue weighted by Gasteiger charge is -2.25. The molecule has 2 aromatic carbocycles. The van der Waals surface area contributed by atoms with E-state index in [9.17, 15) is 9.59 Å². The highest BCUT2D eigenvalue weighted by molar-refractivity contribution is 6.19. The van der Waals surface area contributed by atoms with Crippen LogP contribution in [0.25, 0.3) is 10.9 Å². The van der Waals surface area contributed by atoms with E-state index in [4.69, 9.17) is 4.74 Å². The number of ether oxygens (including phenoxy) is 1. The molecule has 1 aliphatic rings. The summed E-state index contributed by atoms with van der Waals surface area (Å²) in [5.74, 6) is 0.208. The molecule has 0 bridgehead atoms. The number of benzene rings is 2. The molecule has 0 saturated carbocycles. The van der Waals surface area contributed by atoms with Crippen molar-refractivity contribution in [3.63, 3.8) is 0 Å². The molecule has 41 heavy (non-hydrogen) atoms. The summed E-state index contributed by atoms with van der Waals surface area (Å²) in [6.07, 6.45) is 7.34. The molecule has 212 valence electrons. The number of hydrogen-bond donors (Lipinski definition) is 0. The highest BCUT2D eigenvalue weighted by Crippen LogP contribution is 2.39. The first-order valence-electron chi connectivity index (χ1n) is 14.0. The molecule has 2 aromatic heterocycles. The highest BCUT2D eigenvalue weighted by atomic mass is 16.5. The van der Waals surface area contributed by atoms with Gasteiger partial charge in [0, 0.05) is 63.8 Å². The smallest absolute Gasteiger partial charge is 0.241 e. The maximum atomic E-state index is 13.1. The molecule has 0 N–H and O–H groups in total. The summed E-state index contributed by atoms with van der Waals surface area (Å²) in [7, 11) is 3.42. The van der Waals surface area contributed by atoms with Crippen LogP contribution in [0.3, 0.4) is 0 Å². The van der Waals surface area contributed by atoms with E-state index in [2.05, 4.69) is 39.1 Å². The maximum absolute atomic E-state index is 13.1. The van der Waals surface area contributed by atoms with Crippen LogP contribution < -0.4 is 14.5 Å². The number of rotatable bonds is 10. The molecule has 8 heteroatoms. The molecule has 0 radical (unpaired) electrons. The van der Waals surface area contributed by atoms with Crippen molar-refractivity contribution in [2.75, 3.05) is 43.6 Å². The number of anilines is 2. The van der Waals surface area contributed by atoms with Gasteiger partial charge in [0.05, 0.1) is 23.5 Å². The molecule has 4 aromatic rings. The third kappa shape index (κ3) is 6.07. The first kappa shape index (κ1) is 28.2. The molecule has 0 fully saturated rings. The number of carbonyl (C=O) groups excluding carboxylic acids is 2. The number of amides is 2. The molecule has 0 saturated heterocycles. The average Bonchev–Trinajstić information content (AvgIpc) is 3.04. The van der Waals surface area contributed by atoms with Crippen LogP contribution in [0.4, 0.5) is 11.4 Å². The Balaban J connectivity index is 1.26. The molecule has 5 rings (SSSR count). The van der Waals surface area contributed by atoms with Gasteiger partial charge < -0.3 is 14.5 Å². The number of para-hydroxylation sites is 1. The number of nitrogens with zero attached hydrogens (tertiary/aromatic N) is 5. The highest BCUT2D eigenvalue weighted by Gasteiger charge is 2.44. The third-order valence-electron chi connectivity index (χ3n) is 7.81. The van der Waals surface area contributed by atoms with E-state index >= 15 is 0 Å². The van der Waals surface area contributed by atoms with Crippen molar-refractivity contribution in [1.82, 2.24) is 14.9 Å². The summed E-state index contributed by atoms with van der Waals surface area (Å²) >= 11 is 0. The number of hydrogen-bond acceptors (Lipinski definition) is 6. The largest absolute Gasteiger partial charge is 0.493 e. The van der Waals surface area contributed by atoms with E-state index < -0.39 is 5.41 Å². The molecule has 2 amide bonds. The zero-order valence-electron chi connectivity index (χ0n) is 24.2.